The molecule has 0 saturated carbocycles. The fraction of sp³-hybridized carbons (Fsp3) is 0.529. The SMILES string of the molecule is Cc1oc2ccccc2c1CNC1CN2CCC1CC2. The van der Waals surface area contributed by atoms with Gasteiger partial charge in [0.15, 0.2) is 0 Å². The second-order valence-corrected chi connectivity index (χ2v) is 6.26. The van der Waals surface area contributed by atoms with Crippen molar-refractivity contribution < 1.29 is 4.42 Å². The molecule has 5 rings (SSSR count). The highest BCUT2D eigenvalue weighted by molar-refractivity contribution is 5.82. The molecule has 4 heterocycles. The van der Waals surface area contributed by atoms with E-state index in [9.17, 15) is 0 Å². The number of fused-ring (bicyclic) bond motifs is 4. The van der Waals surface area contributed by atoms with Gasteiger partial charge in [-0.1, -0.05) is 18.2 Å². The summed E-state index contributed by atoms with van der Waals surface area (Å²) in [6.45, 7) is 6.83. The summed E-state index contributed by atoms with van der Waals surface area (Å²) in [6.07, 6.45) is 2.73. The maximum absolute atomic E-state index is 5.85. The molecule has 106 valence electrons. The Balaban J connectivity index is 1.52. The summed E-state index contributed by atoms with van der Waals surface area (Å²) in [5.41, 5.74) is 2.34. The molecular weight excluding hydrogens is 248 g/mol. The smallest absolute Gasteiger partial charge is 0.134 e. The summed E-state index contributed by atoms with van der Waals surface area (Å²) < 4.78 is 5.85. The van der Waals surface area contributed by atoms with Crippen molar-refractivity contribution in [3.05, 3.63) is 35.6 Å². The molecule has 3 saturated heterocycles. The molecule has 2 aromatic rings. The largest absolute Gasteiger partial charge is 0.461 e. The van der Waals surface area contributed by atoms with E-state index in [1.807, 2.05) is 6.07 Å². The molecule has 3 heteroatoms. The van der Waals surface area contributed by atoms with Gasteiger partial charge in [0.1, 0.15) is 11.3 Å². The summed E-state index contributed by atoms with van der Waals surface area (Å²) in [4.78, 5) is 2.60. The van der Waals surface area contributed by atoms with Crippen molar-refractivity contribution in [2.75, 3.05) is 19.6 Å². The average Bonchev–Trinajstić information content (AvgIpc) is 2.82. The zero-order chi connectivity index (χ0) is 13.5. The van der Waals surface area contributed by atoms with Gasteiger partial charge < -0.3 is 14.6 Å². The number of benzene rings is 1. The maximum atomic E-state index is 5.85. The van der Waals surface area contributed by atoms with Gasteiger partial charge in [0.05, 0.1) is 0 Å². The first kappa shape index (κ1) is 12.4. The number of nitrogens with one attached hydrogen (secondary N) is 1. The van der Waals surface area contributed by atoms with E-state index in [1.165, 1.54) is 43.4 Å². The van der Waals surface area contributed by atoms with Gasteiger partial charge in [0, 0.05) is 30.1 Å². The van der Waals surface area contributed by atoms with Crippen LogP contribution in [-0.4, -0.2) is 30.6 Å². The van der Waals surface area contributed by atoms with Crippen molar-refractivity contribution in [2.45, 2.75) is 32.4 Å². The molecule has 1 aromatic heterocycles. The van der Waals surface area contributed by atoms with Crippen LogP contribution in [0, 0.1) is 12.8 Å². The number of hydrogen-bond acceptors (Lipinski definition) is 3. The summed E-state index contributed by atoms with van der Waals surface area (Å²) in [5, 5.41) is 5.05. The third-order valence-electron chi connectivity index (χ3n) is 5.10. The maximum Gasteiger partial charge on any atom is 0.134 e. The second kappa shape index (κ2) is 4.90. The summed E-state index contributed by atoms with van der Waals surface area (Å²) in [5.74, 6) is 1.93. The first-order valence-corrected chi connectivity index (χ1v) is 7.74. The van der Waals surface area contributed by atoms with Gasteiger partial charge in [0.25, 0.3) is 0 Å². The van der Waals surface area contributed by atoms with E-state index >= 15 is 0 Å². The lowest BCUT2D eigenvalue weighted by molar-refractivity contribution is 0.0720. The Hall–Kier alpha value is -1.32. The quantitative estimate of drug-likeness (QED) is 0.929. The van der Waals surface area contributed by atoms with E-state index in [1.54, 1.807) is 0 Å². The number of hydrogen-bond donors (Lipinski definition) is 1. The van der Waals surface area contributed by atoms with Gasteiger partial charge >= 0.3 is 0 Å². The third kappa shape index (κ3) is 2.05. The number of nitrogens with zero attached hydrogens (tertiary/aromatic N) is 1. The van der Waals surface area contributed by atoms with Gasteiger partial charge in [-0.25, -0.2) is 0 Å². The number of furan rings is 1. The van der Waals surface area contributed by atoms with Crippen LogP contribution in [0.5, 0.6) is 0 Å². The Kier molecular flexibility index (Phi) is 3.04. The monoisotopic (exact) mass is 270 g/mol. The number of rotatable bonds is 3. The third-order valence-corrected chi connectivity index (χ3v) is 5.10. The molecule has 0 spiro atoms. The van der Waals surface area contributed by atoms with E-state index in [4.69, 9.17) is 4.42 Å². The lowest BCUT2D eigenvalue weighted by Gasteiger charge is -2.45. The molecule has 0 aliphatic carbocycles. The molecule has 2 bridgehead atoms. The molecule has 1 atom stereocenters. The molecule has 3 aliphatic rings. The minimum absolute atomic E-state index is 0.658. The Labute approximate surface area is 119 Å². The van der Waals surface area contributed by atoms with E-state index in [-0.39, 0.29) is 0 Å². The highest BCUT2D eigenvalue weighted by Gasteiger charge is 2.33. The molecule has 1 aromatic carbocycles. The van der Waals surface area contributed by atoms with Crippen molar-refractivity contribution in [3.8, 4) is 0 Å². The van der Waals surface area contributed by atoms with Crippen molar-refractivity contribution in [2.24, 2.45) is 5.92 Å². The molecule has 1 N–H and O–H groups in total. The van der Waals surface area contributed by atoms with Gasteiger partial charge in [-0.2, -0.15) is 0 Å². The lowest BCUT2D eigenvalue weighted by Crippen LogP contribution is -2.55. The number of para-hydroxylation sites is 1. The normalized spacial score (nSPS) is 29.1. The Morgan fingerprint density at radius 3 is 2.80 bits per heavy atom. The molecule has 3 aliphatic heterocycles. The standard InChI is InChI=1S/C17H22N2O/c1-12-15(14-4-2-3-5-17(14)20-12)10-18-16-11-19-8-6-13(16)7-9-19/h2-5,13,16,18H,6-11H2,1H3. The number of piperidine rings is 3. The number of aryl methyl sites for hydroxylation is 1. The van der Waals surface area contributed by atoms with E-state index in [2.05, 4.69) is 35.3 Å². The summed E-state index contributed by atoms with van der Waals surface area (Å²) >= 11 is 0. The van der Waals surface area contributed by atoms with Crippen molar-refractivity contribution in [1.29, 1.82) is 0 Å². The van der Waals surface area contributed by atoms with E-state index < -0.39 is 0 Å². The Bertz CT molecular complexity index is 610. The Morgan fingerprint density at radius 2 is 2.05 bits per heavy atom. The predicted molar refractivity (Wildman–Crippen MR) is 80.7 cm³/mol. The van der Waals surface area contributed by atoms with Crippen LogP contribution in [0.4, 0.5) is 0 Å². The zero-order valence-corrected chi connectivity index (χ0v) is 12.1. The van der Waals surface area contributed by atoms with Crippen LogP contribution in [0.2, 0.25) is 0 Å². The van der Waals surface area contributed by atoms with E-state index in [0.29, 0.717) is 6.04 Å². The van der Waals surface area contributed by atoms with Crippen molar-refractivity contribution >= 4 is 11.0 Å². The minimum atomic E-state index is 0.658. The lowest BCUT2D eigenvalue weighted by atomic mass is 9.84. The second-order valence-electron chi connectivity index (χ2n) is 6.26. The van der Waals surface area contributed by atoms with Crippen molar-refractivity contribution in [1.82, 2.24) is 10.2 Å². The highest BCUT2D eigenvalue weighted by Crippen LogP contribution is 2.29. The van der Waals surface area contributed by atoms with Crippen LogP contribution >= 0.6 is 0 Å². The molecule has 1 unspecified atom stereocenters. The van der Waals surface area contributed by atoms with Crippen LogP contribution in [0.3, 0.4) is 0 Å². The predicted octanol–water partition coefficient (Wildman–Crippen LogP) is 2.93. The van der Waals surface area contributed by atoms with Crippen LogP contribution in [0.1, 0.15) is 24.2 Å². The summed E-state index contributed by atoms with van der Waals surface area (Å²) in [7, 11) is 0. The molecule has 0 radical (unpaired) electrons. The highest BCUT2D eigenvalue weighted by atomic mass is 16.3. The first-order chi connectivity index (χ1) is 9.81. The molecular formula is C17H22N2O. The topological polar surface area (TPSA) is 28.4 Å². The Morgan fingerprint density at radius 1 is 1.25 bits per heavy atom. The minimum Gasteiger partial charge on any atom is -0.461 e. The molecule has 3 fully saturated rings. The van der Waals surface area contributed by atoms with Crippen LogP contribution < -0.4 is 5.32 Å². The van der Waals surface area contributed by atoms with Gasteiger partial charge in [-0.05, 0) is 44.8 Å². The van der Waals surface area contributed by atoms with Crippen LogP contribution in [0.15, 0.2) is 28.7 Å². The van der Waals surface area contributed by atoms with Crippen LogP contribution in [-0.2, 0) is 6.54 Å². The van der Waals surface area contributed by atoms with Crippen LogP contribution in [0.25, 0.3) is 11.0 Å². The van der Waals surface area contributed by atoms with Gasteiger partial charge in [-0.3, -0.25) is 0 Å². The first-order valence-electron chi connectivity index (χ1n) is 7.74. The molecule has 3 nitrogen and oxygen atoms in total. The fourth-order valence-corrected chi connectivity index (χ4v) is 3.87. The zero-order valence-electron chi connectivity index (χ0n) is 12.1. The van der Waals surface area contributed by atoms with Gasteiger partial charge in [-0.15, -0.1) is 0 Å². The van der Waals surface area contributed by atoms with Crippen molar-refractivity contribution in [3.63, 3.8) is 0 Å². The molecule has 20 heavy (non-hydrogen) atoms. The van der Waals surface area contributed by atoms with Gasteiger partial charge in [0.2, 0.25) is 0 Å². The fourth-order valence-electron chi connectivity index (χ4n) is 3.87. The van der Waals surface area contributed by atoms with E-state index in [0.717, 1.165) is 23.8 Å². The average molecular weight is 270 g/mol. The summed E-state index contributed by atoms with van der Waals surface area (Å²) in [6, 6.07) is 9.01. The molecule has 0 amide bonds.